The SMILES string of the molecule is Nc1c(C(=O)NCc2ccco2)c2nc3ccccc3nc2n1CCCN1CCOCC1. The van der Waals surface area contributed by atoms with Gasteiger partial charge in [-0.2, -0.15) is 0 Å². The molecule has 3 aromatic heterocycles. The number of carbonyl (C=O) groups excluding carboxylic acids is 1. The normalized spacial score (nSPS) is 14.9. The lowest BCUT2D eigenvalue weighted by atomic mass is 10.2. The molecular weight excluding hydrogens is 408 g/mol. The van der Waals surface area contributed by atoms with Gasteiger partial charge in [-0.05, 0) is 30.7 Å². The molecule has 0 radical (unpaired) electrons. The molecule has 0 aliphatic carbocycles. The number of nitrogens with zero attached hydrogens (tertiary/aromatic N) is 4. The maximum atomic E-state index is 13.1. The lowest BCUT2D eigenvalue weighted by Crippen LogP contribution is -2.37. The van der Waals surface area contributed by atoms with Gasteiger partial charge in [0.25, 0.3) is 5.91 Å². The van der Waals surface area contributed by atoms with Crippen LogP contribution in [0.5, 0.6) is 0 Å². The zero-order valence-electron chi connectivity index (χ0n) is 17.8. The highest BCUT2D eigenvalue weighted by Gasteiger charge is 2.24. The van der Waals surface area contributed by atoms with E-state index in [0.29, 0.717) is 34.9 Å². The highest BCUT2D eigenvalue weighted by atomic mass is 16.5. The number of aromatic nitrogens is 3. The number of ether oxygens (including phenoxy) is 1. The van der Waals surface area contributed by atoms with Crippen LogP contribution in [0.4, 0.5) is 5.82 Å². The smallest absolute Gasteiger partial charge is 0.257 e. The van der Waals surface area contributed by atoms with E-state index in [1.54, 1.807) is 12.3 Å². The highest BCUT2D eigenvalue weighted by Crippen LogP contribution is 2.28. The monoisotopic (exact) mass is 434 g/mol. The van der Waals surface area contributed by atoms with Crippen molar-refractivity contribution < 1.29 is 13.9 Å². The van der Waals surface area contributed by atoms with Crippen LogP contribution in [0, 0.1) is 0 Å². The predicted molar refractivity (Wildman–Crippen MR) is 121 cm³/mol. The Morgan fingerprint density at radius 3 is 2.59 bits per heavy atom. The number of hydrogen-bond donors (Lipinski definition) is 2. The second kappa shape index (κ2) is 8.97. The number of anilines is 1. The summed E-state index contributed by atoms with van der Waals surface area (Å²) in [6.45, 7) is 5.27. The van der Waals surface area contributed by atoms with Gasteiger partial charge < -0.3 is 24.8 Å². The number of morpholine rings is 1. The minimum Gasteiger partial charge on any atom is -0.467 e. The first-order valence-electron chi connectivity index (χ1n) is 10.9. The standard InChI is InChI=1S/C23H26N6O3/c24-21-19(23(30)25-15-16-5-3-12-32-16)20-22(27-18-7-2-1-6-17(18)26-20)29(21)9-4-8-28-10-13-31-14-11-28/h1-3,5-7,12H,4,8-11,13-15,24H2,(H,25,30). The van der Waals surface area contributed by atoms with Crippen molar-refractivity contribution in [3.8, 4) is 0 Å². The van der Waals surface area contributed by atoms with Gasteiger partial charge in [0.05, 0.1) is 37.1 Å². The summed E-state index contributed by atoms with van der Waals surface area (Å²) >= 11 is 0. The lowest BCUT2D eigenvalue weighted by Gasteiger charge is -2.26. The van der Waals surface area contributed by atoms with Crippen LogP contribution in [0.1, 0.15) is 22.5 Å². The fourth-order valence-corrected chi connectivity index (χ4v) is 4.11. The molecule has 3 N–H and O–H groups in total. The van der Waals surface area contributed by atoms with E-state index in [2.05, 4.69) is 10.2 Å². The summed E-state index contributed by atoms with van der Waals surface area (Å²) < 4.78 is 12.7. The number of nitrogens with one attached hydrogen (secondary N) is 1. The number of hydrogen-bond acceptors (Lipinski definition) is 7. The Morgan fingerprint density at radius 2 is 1.84 bits per heavy atom. The summed E-state index contributed by atoms with van der Waals surface area (Å²) in [7, 11) is 0. The summed E-state index contributed by atoms with van der Waals surface area (Å²) in [4.78, 5) is 25.0. The summed E-state index contributed by atoms with van der Waals surface area (Å²) in [5, 5.41) is 2.89. The Bertz CT molecular complexity index is 1230. The largest absolute Gasteiger partial charge is 0.467 e. The molecule has 9 heteroatoms. The van der Waals surface area contributed by atoms with E-state index >= 15 is 0 Å². The number of nitrogen functional groups attached to an aromatic ring is 1. The topological polar surface area (TPSA) is 111 Å². The fourth-order valence-electron chi connectivity index (χ4n) is 4.11. The molecule has 4 heterocycles. The van der Waals surface area contributed by atoms with E-state index in [9.17, 15) is 4.79 Å². The van der Waals surface area contributed by atoms with Gasteiger partial charge in [-0.1, -0.05) is 12.1 Å². The molecule has 0 bridgehead atoms. The Hall–Kier alpha value is -3.43. The molecule has 1 aromatic carbocycles. The first-order valence-corrected chi connectivity index (χ1v) is 10.9. The molecule has 0 unspecified atom stereocenters. The number of para-hydroxylation sites is 2. The number of nitrogens with two attached hydrogens (primary N) is 1. The quantitative estimate of drug-likeness (QED) is 0.459. The molecule has 0 saturated carbocycles. The van der Waals surface area contributed by atoms with E-state index in [1.165, 1.54) is 0 Å². The van der Waals surface area contributed by atoms with Crippen LogP contribution in [0.25, 0.3) is 22.2 Å². The first-order chi connectivity index (χ1) is 15.7. The van der Waals surface area contributed by atoms with Crippen LogP contribution in [0.3, 0.4) is 0 Å². The fraction of sp³-hybridized carbons (Fsp3) is 0.348. The maximum Gasteiger partial charge on any atom is 0.257 e. The minimum absolute atomic E-state index is 0.274. The van der Waals surface area contributed by atoms with Gasteiger partial charge in [-0.25, -0.2) is 9.97 Å². The summed E-state index contributed by atoms with van der Waals surface area (Å²) in [5.41, 5.74) is 9.52. The van der Waals surface area contributed by atoms with Gasteiger partial charge in [-0.3, -0.25) is 9.69 Å². The second-order valence-electron chi connectivity index (χ2n) is 7.87. The van der Waals surface area contributed by atoms with Crippen molar-refractivity contribution in [3.05, 3.63) is 54.0 Å². The molecule has 1 amide bonds. The van der Waals surface area contributed by atoms with Crippen molar-refractivity contribution in [2.75, 3.05) is 38.6 Å². The van der Waals surface area contributed by atoms with Crippen molar-refractivity contribution in [1.82, 2.24) is 24.8 Å². The minimum atomic E-state index is -0.291. The molecule has 166 valence electrons. The van der Waals surface area contributed by atoms with Gasteiger partial charge in [0.2, 0.25) is 0 Å². The number of aryl methyl sites for hydroxylation is 1. The number of furan rings is 1. The first kappa shape index (κ1) is 20.5. The van der Waals surface area contributed by atoms with Gasteiger partial charge >= 0.3 is 0 Å². The molecule has 32 heavy (non-hydrogen) atoms. The lowest BCUT2D eigenvalue weighted by molar-refractivity contribution is 0.0370. The van der Waals surface area contributed by atoms with E-state index in [4.69, 9.17) is 24.9 Å². The number of fused-ring (bicyclic) bond motifs is 2. The average molecular weight is 435 g/mol. The third-order valence-electron chi connectivity index (χ3n) is 5.78. The number of rotatable bonds is 7. The molecule has 1 fully saturated rings. The van der Waals surface area contributed by atoms with E-state index in [0.717, 1.165) is 50.3 Å². The average Bonchev–Trinajstić information content (AvgIpc) is 3.43. The van der Waals surface area contributed by atoms with E-state index < -0.39 is 0 Å². The van der Waals surface area contributed by atoms with E-state index in [1.807, 2.05) is 34.9 Å². The van der Waals surface area contributed by atoms with Crippen LogP contribution in [-0.2, 0) is 17.8 Å². The molecule has 4 aromatic rings. The molecule has 1 aliphatic rings. The van der Waals surface area contributed by atoms with Gasteiger partial charge in [-0.15, -0.1) is 0 Å². The molecule has 1 aliphatic heterocycles. The Balaban J connectivity index is 1.46. The zero-order chi connectivity index (χ0) is 21.9. The third kappa shape index (κ3) is 4.04. The van der Waals surface area contributed by atoms with Gasteiger partial charge in [0, 0.05) is 26.2 Å². The summed E-state index contributed by atoms with van der Waals surface area (Å²) in [6.07, 6.45) is 2.46. The second-order valence-corrected chi connectivity index (χ2v) is 7.87. The Kier molecular flexibility index (Phi) is 5.74. The Labute approximate surface area is 185 Å². The van der Waals surface area contributed by atoms with Crippen LogP contribution in [0.2, 0.25) is 0 Å². The van der Waals surface area contributed by atoms with Crippen molar-refractivity contribution in [2.24, 2.45) is 0 Å². The molecule has 0 atom stereocenters. The number of carbonyl (C=O) groups is 1. The summed E-state index contributed by atoms with van der Waals surface area (Å²) in [6, 6.07) is 11.2. The zero-order valence-corrected chi connectivity index (χ0v) is 17.8. The third-order valence-corrected chi connectivity index (χ3v) is 5.78. The van der Waals surface area contributed by atoms with Crippen LogP contribution >= 0.6 is 0 Å². The van der Waals surface area contributed by atoms with Crippen molar-refractivity contribution in [3.63, 3.8) is 0 Å². The molecule has 1 saturated heterocycles. The van der Waals surface area contributed by atoms with Gasteiger partial charge in [0.1, 0.15) is 22.7 Å². The van der Waals surface area contributed by atoms with Crippen molar-refractivity contribution >= 4 is 33.9 Å². The van der Waals surface area contributed by atoms with Crippen molar-refractivity contribution in [2.45, 2.75) is 19.5 Å². The predicted octanol–water partition coefficient (Wildman–Crippen LogP) is 2.41. The van der Waals surface area contributed by atoms with Crippen LogP contribution < -0.4 is 11.1 Å². The Morgan fingerprint density at radius 1 is 1.06 bits per heavy atom. The molecule has 9 nitrogen and oxygen atoms in total. The van der Waals surface area contributed by atoms with Crippen LogP contribution in [-0.4, -0.2) is 58.2 Å². The molecule has 5 rings (SSSR count). The number of amides is 1. The van der Waals surface area contributed by atoms with Gasteiger partial charge in [0.15, 0.2) is 5.65 Å². The molecule has 0 spiro atoms. The molecular formula is C23H26N6O3. The van der Waals surface area contributed by atoms with E-state index in [-0.39, 0.29) is 12.5 Å². The summed E-state index contributed by atoms with van der Waals surface area (Å²) in [5.74, 6) is 0.761. The van der Waals surface area contributed by atoms with Crippen molar-refractivity contribution in [1.29, 1.82) is 0 Å². The maximum absolute atomic E-state index is 13.1. The highest BCUT2D eigenvalue weighted by molar-refractivity contribution is 6.10. The number of benzene rings is 1. The van der Waals surface area contributed by atoms with Crippen LogP contribution in [0.15, 0.2) is 47.1 Å².